The lowest BCUT2D eigenvalue weighted by atomic mass is 10.0. The summed E-state index contributed by atoms with van der Waals surface area (Å²) >= 11 is 1.64. The minimum Gasteiger partial charge on any atom is -0.489 e. The van der Waals surface area contributed by atoms with Gasteiger partial charge in [-0.15, -0.1) is 5.10 Å². The van der Waals surface area contributed by atoms with Gasteiger partial charge in [-0.05, 0) is 45.3 Å². The first-order valence-electron chi connectivity index (χ1n) is 9.96. The van der Waals surface area contributed by atoms with E-state index in [2.05, 4.69) is 88.4 Å². The predicted molar refractivity (Wildman–Crippen MR) is 121 cm³/mol. The first kappa shape index (κ1) is 20.4. The standard InChI is InChI=1S/C23H25N5OS/c1-17-7-3-4-9-19(17)16-29-22-12-11-18-8-5-6-10-20(18)21(22)15-24-13-14-30-23-25-26-27-28(23)2/h3-12,24H,13-16H2,1-2H3. The van der Waals surface area contributed by atoms with Crippen LogP contribution in [0.3, 0.4) is 0 Å². The Labute approximate surface area is 180 Å². The fraction of sp³-hybridized carbons (Fsp3) is 0.261. The summed E-state index contributed by atoms with van der Waals surface area (Å²) in [4.78, 5) is 0. The molecule has 3 aromatic carbocycles. The summed E-state index contributed by atoms with van der Waals surface area (Å²) in [6, 6.07) is 21.0. The Morgan fingerprint density at radius 2 is 1.87 bits per heavy atom. The molecule has 0 aliphatic carbocycles. The lowest BCUT2D eigenvalue weighted by Gasteiger charge is -2.16. The number of hydrogen-bond donors (Lipinski definition) is 1. The number of fused-ring (bicyclic) bond motifs is 1. The molecule has 0 saturated heterocycles. The average Bonchev–Trinajstić information content (AvgIpc) is 3.18. The van der Waals surface area contributed by atoms with Crippen molar-refractivity contribution in [2.75, 3.05) is 12.3 Å². The van der Waals surface area contributed by atoms with Crippen molar-refractivity contribution < 1.29 is 4.74 Å². The zero-order chi connectivity index (χ0) is 20.8. The summed E-state index contributed by atoms with van der Waals surface area (Å²) in [7, 11) is 1.85. The van der Waals surface area contributed by atoms with E-state index in [0.29, 0.717) is 6.61 Å². The second-order valence-corrected chi connectivity index (χ2v) is 8.15. The molecule has 0 saturated carbocycles. The molecule has 0 aliphatic heterocycles. The zero-order valence-corrected chi connectivity index (χ0v) is 18.0. The summed E-state index contributed by atoms with van der Waals surface area (Å²) in [6.45, 7) is 4.26. The van der Waals surface area contributed by atoms with Crippen molar-refractivity contribution in [1.82, 2.24) is 25.5 Å². The van der Waals surface area contributed by atoms with Crippen LogP contribution in [0.15, 0.2) is 65.8 Å². The summed E-state index contributed by atoms with van der Waals surface area (Å²) < 4.78 is 7.96. The number of nitrogens with zero attached hydrogens (tertiary/aromatic N) is 4. The molecular formula is C23H25N5OS. The molecule has 0 radical (unpaired) electrons. The normalized spacial score (nSPS) is 11.1. The Balaban J connectivity index is 1.45. The number of thioether (sulfide) groups is 1. The van der Waals surface area contributed by atoms with Crippen molar-refractivity contribution in [2.24, 2.45) is 7.05 Å². The molecule has 154 valence electrons. The minimum absolute atomic E-state index is 0.563. The van der Waals surface area contributed by atoms with Crippen molar-refractivity contribution in [1.29, 1.82) is 0 Å². The monoisotopic (exact) mass is 419 g/mol. The van der Waals surface area contributed by atoms with E-state index in [0.717, 1.165) is 29.7 Å². The third-order valence-corrected chi connectivity index (χ3v) is 6.05. The SMILES string of the molecule is Cc1ccccc1COc1ccc2ccccc2c1CNCCSc1nnnn1C. The van der Waals surface area contributed by atoms with Gasteiger partial charge in [-0.2, -0.15) is 0 Å². The van der Waals surface area contributed by atoms with Crippen molar-refractivity contribution in [3.05, 3.63) is 77.4 Å². The van der Waals surface area contributed by atoms with E-state index in [1.165, 1.54) is 27.5 Å². The number of hydrogen-bond acceptors (Lipinski definition) is 6. The maximum absolute atomic E-state index is 6.27. The molecule has 1 heterocycles. The Hall–Kier alpha value is -2.90. The van der Waals surface area contributed by atoms with Crippen LogP contribution in [0.1, 0.15) is 16.7 Å². The third-order valence-electron chi connectivity index (χ3n) is 5.04. The van der Waals surface area contributed by atoms with Crippen LogP contribution in [0.25, 0.3) is 10.8 Å². The number of rotatable bonds is 9. The Morgan fingerprint density at radius 3 is 2.70 bits per heavy atom. The van der Waals surface area contributed by atoms with Crippen LogP contribution in [-0.2, 0) is 20.2 Å². The summed E-state index contributed by atoms with van der Waals surface area (Å²) in [6.07, 6.45) is 0. The lowest BCUT2D eigenvalue weighted by molar-refractivity contribution is 0.302. The van der Waals surface area contributed by atoms with Gasteiger partial charge in [0.1, 0.15) is 12.4 Å². The molecule has 0 aliphatic rings. The van der Waals surface area contributed by atoms with Crippen LogP contribution < -0.4 is 10.1 Å². The molecule has 1 aromatic heterocycles. The summed E-state index contributed by atoms with van der Waals surface area (Å²) in [5.74, 6) is 1.81. The molecule has 0 unspecified atom stereocenters. The molecule has 6 nitrogen and oxygen atoms in total. The highest BCUT2D eigenvalue weighted by atomic mass is 32.2. The maximum atomic E-state index is 6.27. The number of benzene rings is 3. The second kappa shape index (κ2) is 9.73. The van der Waals surface area contributed by atoms with Crippen molar-refractivity contribution in [2.45, 2.75) is 25.2 Å². The number of aryl methyl sites for hydroxylation is 2. The number of tetrazole rings is 1. The molecule has 0 amide bonds. The Morgan fingerprint density at radius 1 is 1.03 bits per heavy atom. The largest absolute Gasteiger partial charge is 0.489 e. The Bertz CT molecular complexity index is 1130. The smallest absolute Gasteiger partial charge is 0.209 e. The quantitative estimate of drug-likeness (QED) is 0.325. The van der Waals surface area contributed by atoms with Crippen molar-refractivity contribution >= 4 is 22.5 Å². The number of aromatic nitrogens is 4. The van der Waals surface area contributed by atoms with E-state index < -0.39 is 0 Å². The van der Waals surface area contributed by atoms with Crippen LogP contribution in [0.5, 0.6) is 5.75 Å². The maximum Gasteiger partial charge on any atom is 0.209 e. The van der Waals surface area contributed by atoms with E-state index in [1.54, 1.807) is 16.4 Å². The van der Waals surface area contributed by atoms with E-state index >= 15 is 0 Å². The number of ether oxygens (including phenoxy) is 1. The third kappa shape index (κ3) is 4.80. The van der Waals surface area contributed by atoms with E-state index in [1.807, 2.05) is 7.05 Å². The minimum atomic E-state index is 0.563. The van der Waals surface area contributed by atoms with Gasteiger partial charge in [-0.25, -0.2) is 4.68 Å². The fourth-order valence-electron chi connectivity index (χ4n) is 3.33. The Kier molecular flexibility index (Phi) is 6.61. The predicted octanol–water partition coefficient (Wildman–Crippen LogP) is 4.13. The van der Waals surface area contributed by atoms with Crippen LogP contribution in [0.4, 0.5) is 0 Å². The van der Waals surface area contributed by atoms with Gasteiger partial charge in [0.05, 0.1) is 0 Å². The van der Waals surface area contributed by atoms with Crippen LogP contribution in [0.2, 0.25) is 0 Å². The van der Waals surface area contributed by atoms with Gasteiger partial charge in [-0.3, -0.25) is 0 Å². The van der Waals surface area contributed by atoms with Gasteiger partial charge in [0.2, 0.25) is 5.16 Å². The molecular weight excluding hydrogens is 394 g/mol. The average molecular weight is 420 g/mol. The molecule has 4 aromatic rings. The van der Waals surface area contributed by atoms with Gasteiger partial charge in [0.25, 0.3) is 0 Å². The van der Waals surface area contributed by atoms with E-state index in [4.69, 9.17) is 4.74 Å². The van der Waals surface area contributed by atoms with Crippen LogP contribution in [-0.4, -0.2) is 32.5 Å². The van der Waals surface area contributed by atoms with Crippen molar-refractivity contribution in [3.63, 3.8) is 0 Å². The number of nitrogens with one attached hydrogen (secondary N) is 1. The molecule has 30 heavy (non-hydrogen) atoms. The van der Waals surface area contributed by atoms with Gasteiger partial charge in [-0.1, -0.05) is 66.4 Å². The van der Waals surface area contributed by atoms with Gasteiger partial charge in [0.15, 0.2) is 0 Å². The van der Waals surface area contributed by atoms with Crippen molar-refractivity contribution in [3.8, 4) is 5.75 Å². The molecule has 0 atom stereocenters. The molecule has 7 heteroatoms. The summed E-state index contributed by atoms with van der Waals surface area (Å²) in [5, 5.41) is 18.3. The molecule has 0 spiro atoms. The van der Waals surface area contributed by atoms with Gasteiger partial charge >= 0.3 is 0 Å². The first-order chi connectivity index (χ1) is 14.7. The van der Waals surface area contributed by atoms with Crippen LogP contribution in [0, 0.1) is 6.92 Å². The topological polar surface area (TPSA) is 64.9 Å². The van der Waals surface area contributed by atoms with Gasteiger partial charge in [0, 0.05) is 31.5 Å². The highest BCUT2D eigenvalue weighted by Gasteiger charge is 2.10. The van der Waals surface area contributed by atoms with E-state index in [-0.39, 0.29) is 0 Å². The highest BCUT2D eigenvalue weighted by molar-refractivity contribution is 7.99. The lowest BCUT2D eigenvalue weighted by Crippen LogP contribution is -2.17. The fourth-order valence-corrected chi connectivity index (χ4v) is 4.08. The zero-order valence-electron chi connectivity index (χ0n) is 17.2. The first-order valence-corrected chi connectivity index (χ1v) is 10.9. The second-order valence-electron chi connectivity index (χ2n) is 7.09. The highest BCUT2D eigenvalue weighted by Crippen LogP contribution is 2.29. The molecule has 0 bridgehead atoms. The molecule has 0 fully saturated rings. The molecule has 4 rings (SSSR count). The van der Waals surface area contributed by atoms with Crippen LogP contribution >= 0.6 is 11.8 Å². The van der Waals surface area contributed by atoms with Gasteiger partial charge < -0.3 is 10.1 Å². The van der Waals surface area contributed by atoms with E-state index in [9.17, 15) is 0 Å². The molecule has 1 N–H and O–H groups in total. The summed E-state index contributed by atoms with van der Waals surface area (Å²) in [5.41, 5.74) is 3.64.